The molecule has 0 spiro atoms. The molecule has 1 saturated carbocycles. The number of amides is 2. The van der Waals surface area contributed by atoms with Crippen LogP contribution in [0.25, 0.3) is 0 Å². The van der Waals surface area contributed by atoms with E-state index in [9.17, 15) is 9.59 Å². The number of thiophene rings is 1. The maximum absolute atomic E-state index is 13.4. The lowest BCUT2D eigenvalue weighted by atomic mass is 9.79. The average Bonchev–Trinajstić information content (AvgIpc) is 2.94. The molecule has 1 aliphatic carbocycles. The van der Waals surface area contributed by atoms with Gasteiger partial charge in [0.2, 0.25) is 0 Å². The van der Waals surface area contributed by atoms with Gasteiger partial charge in [0, 0.05) is 16.3 Å². The standard InChI is InChI=1S/C22H34N2O3S/c1-3-27-20(25)16-22(13-7-5-8-14-22)23-21(26)24-15-9-4-6-10-18(24)19-12-11-17(2)28-19/h11-12,18H,3-10,13-16H2,1-2H3,(H,23,26)/t18-/m0/s1. The highest BCUT2D eigenvalue weighted by Gasteiger charge is 2.39. The SMILES string of the molecule is CCOC(=O)CC1(NC(=O)N2CCCCC[C@H]2c2ccc(C)s2)CCCCC1. The van der Waals surface area contributed by atoms with E-state index in [2.05, 4.69) is 24.4 Å². The van der Waals surface area contributed by atoms with Crippen LogP contribution in [0.1, 0.15) is 86.9 Å². The Labute approximate surface area is 172 Å². The van der Waals surface area contributed by atoms with Gasteiger partial charge < -0.3 is 15.0 Å². The lowest BCUT2D eigenvalue weighted by Crippen LogP contribution is -2.55. The third-order valence-electron chi connectivity index (χ3n) is 6.07. The summed E-state index contributed by atoms with van der Waals surface area (Å²) >= 11 is 1.79. The van der Waals surface area contributed by atoms with Gasteiger partial charge in [0.25, 0.3) is 0 Å². The average molecular weight is 407 g/mol. The molecule has 1 aromatic rings. The predicted octanol–water partition coefficient (Wildman–Crippen LogP) is 5.34. The minimum absolute atomic E-state index is 0.0100. The third-order valence-corrected chi connectivity index (χ3v) is 7.18. The van der Waals surface area contributed by atoms with Gasteiger partial charge in [0.05, 0.1) is 24.6 Å². The van der Waals surface area contributed by atoms with Crippen LogP contribution in [0.3, 0.4) is 0 Å². The van der Waals surface area contributed by atoms with Crippen LogP contribution in [0.2, 0.25) is 0 Å². The monoisotopic (exact) mass is 406 g/mol. The predicted molar refractivity (Wildman–Crippen MR) is 113 cm³/mol. The van der Waals surface area contributed by atoms with Gasteiger partial charge in [-0.3, -0.25) is 4.79 Å². The Hall–Kier alpha value is -1.56. The van der Waals surface area contributed by atoms with E-state index in [-0.39, 0.29) is 24.5 Å². The van der Waals surface area contributed by atoms with Crippen molar-refractivity contribution in [3.05, 3.63) is 21.9 Å². The molecule has 0 unspecified atom stereocenters. The zero-order valence-electron chi connectivity index (χ0n) is 17.3. The van der Waals surface area contributed by atoms with Crippen LogP contribution < -0.4 is 5.32 Å². The molecule has 2 aliphatic rings. The van der Waals surface area contributed by atoms with Crippen molar-refractivity contribution >= 4 is 23.3 Å². The highest BCUT2D eigenvalue weighted by Crippen LogP contribution is 2.36. The Morgan fingerprint density at radius 3 is 2.61 bits per heavy atom. The number of esters is 1. The van der Waals surface area contributed by atoms with Crippen LogP contribution in [0.4, 0.5) is 4.79 Å². The zero-order chi connectivity index (χ0) is 20.0. The van der Waals surface area contributed by atoms with Crippen molar-refractivity contribution in [1.29, 1.82) is 0 Å². The summed E-state index contributed by atoms with van der Waals surface area (Å²) < 4.78 is 5.21. The van der Waals surface area contributed by atoms with Gasteiger partial charge in [0.15, 0.2) is 0 Å². The third kappa shape index (κ3) is 5.28. The van der Waals surface area contributed by atoms with Crippen molar-refractivity contribution in [1.82, 2.24) is 10.2 Å². The summed E-state index contributed by atoms with van der Waals surface area (Å²) in [6.45, 7) is 5.11. The van der Waals surface area contributed by atoms with Crippen molar-refractivity contribution in [3.8, 4) is 0 Å². The van der Waals surface area contributed by atoms with Crippen molar-refractivity contribution in [2.24, 2.45) is 0 Å². The van der Waals surface area contributed by atoms with Crippen LogP contribution in [-0.4, -0.2) is 35.6 Å². The van der Waals surface area contributed by atoms with Gasteiger partial charge in [-0.15, -0.1) is 11.3 Å². The second-order valence-electron chi connectivity index (χ2n) is 8.26. The minimum atomic E-state index is -0.455. The molecule has 2 heterocycles. The number of likely N-dealkylation sites (tertiary alicyclic amines) is 1. The highest BCUT2D eigenvalue weighted by molar-refractivity contribution is 7.12. The van der Waals surface area contributed by atoms with E-state index in [1.54, 1.807) is 11.3 Å². The summed E-state index contributed by atoms with van der Waals surface area (Å²) in [7, 11) is 0. The fraction of sp³-hybridized carbons (Fsp3) is 0.727. The van der Waals surface area contributed by atoms with E-state index in [4.69, 9.17) is 4.74 Å². The molecule has 28 heavy (non-hydrogen) atoms. The Kier molecular flexibility index (Phi) is 7.38. The molecule has 5 nitrogen and oxygen atoms in total. The molecule has 0 radical (unpaired) electrons. The molecular weight excluding hydrogens is 372 g/mol. The fourth-order valence-corrected chi connectivity index (χ4v) is 5.67. The van der Waals surface area contributed by atoms with Crippen LogP contribution in [0.5, 0.6) is 0 Å². The van der Waals surface area contributed by atoms with Gasteiger partial charge >= 0.3 is 12.0 Å². The van der Waals surface area contributed by atoms with E-state index < -0.39 is 5.54 Å². The van der Waals surface area contributed by atoms with Crippen molar-refractivity contribution in [2.75, 3.05) is 13.2 Å². The second-order valence-corrected chi connectivity index (χ2v) is 9.58. The summed E-state index contributed by atoms with van der Waals surface area (Å²) in [6, 6.07) is 4.45. The van der Waals surface area contributed by atoms with Crippen molar-refractivity contribution < 1.29 is 14.3 Å². The Balaban J connectivity index is 1.77. The molecule has 1 saturated heterocycles. The Morgan fingerprint density at radius 1 is 1.18 bits per heavy atom. The first-order valence-electron chi connectivity index (χ1n) is 10.8. The maximum Gasteiger partial charge on any atom is 0.318 e. The first-order chi connectivity index (χ1) is 13.5. The molecule has 1 aliphatic heterocycles. The molecule has 3 rings (SSSR count). The Morgan fingerprint density at radius 2 is 1.93 bits per heavy atom. The number of hydrogen-bond acceptors (Lipinski definition) is 4. The van der Waals surface area contributed by atoms with Crippen LogP contribution in [-0.2, 0) is 9.53 Å². The first-order valence-corrected chi connectivity index (χ1v) is 11.7. The zero-order valence-corrected chi connectivity index (χ0v) is 18.1. The quantitative estimate of drug-likeness (QED) is 0.672. The number of carbonyl (C=O) groups excluding carboxylic acids is 2. The van der Waals surface area contributed by atoms with Crippen LogP contribution in [0, 0.1) is 6.92 Å². The van der Waals surface area contributed by atoms with Gasteiger partial charge in [0.1, 0.15) is 0 Å². The van der Waals surface area contributed by atoms with Crippen LogP contribution >= 0.6 is 11.3 Å². The smallest absolute Gasteiger partial charge is 0.318 e. The van der Waals surface area contributed by atoms with E-state index in [1.807, 2.05) is 11.8 Å². The highest BCUT2D eigenvalue weighted by atomic mass is 32.1. The number of urea groups is 1. The topological polar surface area (TPSA) is 58.6 Å². The second kappa shape index (κ2) is 9.77. The number of rotatable bonds is 5. The maximum atomic E-state index is 13.4. The van der Waals surface area contributed by atoms with Crippen molar-refractivity contribution in [3.63, 3.8) is 0 Å². The number of ether oxygens (including phenoxy) is 1. The van der Waals surface area contributed by atoms with Gasteiger partial charge in [-0.2, -0.15) is 0 Å². The summed E-state index contributed by atoms with van der Waals surface area (Å²) in [6.07, 6.45) is 9.63. The van der Waals surface area contributed by atoms with E-state index in [0.717, 1.165) is 51.5 Å². The normalized spacial score (nSPS) is 22.4. The number of nitrogens with one attached hydrogen (secondary N) is 1. The van der Waals surface area contributed by atoms with Gasteiger partial charge in [-0.25, -0.2) is 4.79 Å². The summed E-state index contributed by atoms with van der Waals surface area (Å²) in [5, 5.41) is 3.32. The Bertz CT molecular complexity index is 666. The molecule has 2 fully saturated rings. The molecular formula is C22H34N2O3S. The summed E-state index contributed by atoms with van der Waals surface area (Å²) in [5.74, 6) is -0.203. The minimum Gasteiger partial charge on any atom is -0.466 e. The summed E-state index contributed by atoms with van der Waals surface area (Å²) in [4.78, 5) is 30.2. The van der Waals surface area contributed by atoms with Crippen LogP contribution in [0.15, 0.2) is 12.1 Å². The number of aryl methyl sites for hydroxylation is 1. The van der Waals surface area contributed by atoms with E-state index in [1.165, 1.54) is 22.6 Å². The molecule has 1 atom stereocenters. The lowest BCUT2D eigenvalue weighted by molar-refractivity contribution is -0.145. The molecule has 0 aromatic carbocycles. The van der Waals surface area contributed by atoms with Gasteiger partial charge in [-0.1, -0.05) is 32.1 Å². The van der Waals surface area contributed by atoms with E-state index >= 15 is 0 Å². The van der Waals surface area contributed by atoms with Gasteiger partial charge in [-0.05, 0) is 51.7 Å². The largest absolute Gasteiger partial charge is 0.466 e. The lowest BCUT2D eigenvalue weighted by Gasteiger charge is -2.40. The fourth-order valence-electron chi connectivity index (χ4n) is 4.64. The van der Waals surface area contributed by atoms with Crippen molar-refractivity contribution in [2.45, 2.75) is 89.6 Å². The molecule has 1 N–H and O–H groups in total. The molecule has 6 heteroatoms. The molecule has 1 aromatic heterocycles. The number of carbonyl (C=O) groups is 2. The molecule has 0 bridgehead atoms. The van der Waals surface area contributed by atoms with E-state index in [0.29, 0.717) is 6.61 Å². The first kappa shape index (κ1) is 21.2. The summed E-state index contributed by atoms with van der Waals surface area (Å²) in [5.41, 5.74) is -0.455. The molecule has 156 valence electrons. The number of hydrogen-bond donors (Lipinski definition) is 1. The number of nitrogens with zero attached hydrogens (tertiary/aromatic N) is 1. The molecule has 2 amide bonds.